The number of hydrogen-bond donors (Lipinski definition) is 0. The van der Waals surface area contributed by atoms with Crippen molar-refractivity contribution in [3.8, 4) is 11.5 Å². The zero-order chi connectivity index (χ0) is 18.4. The Morgan fingerprint density at radius 2 is 1.81 bits per heavy atom. The van der Waals surface area contributed by atoms with E-state index in [4.69, 9.17) is 9.47 Å². The monoisotopic (exact) mass is 360 g/mol. The molecule has 2 fully saturated rings. The number of nitrogens with zero attached hydrogens (tertiary/aromatic N) is 2. The Kier molecular flexibility index (Phi) is 6.41. The van der Waals surface area contributed by atoms with Gasteiger partial charge in [0, 0.05) is 32.1 Å². The van der Waals surface area contributed by atoms with Crippen LogP contribution in [0.4, 0.5) is 0 Å². The van der Waals surface area contributed by atoms with Crippen LogP contribution in [0.1, 0.15) is 39.5 Å². The van der Waals surface area contributed by atoms with Gasteiger partial charge in [0.05, 0.1) is 6.61 Å². The van der Waals surface area contributed by atoms with Crippen LogP contribution in [-0.2, 0) is 4.79 Å². The molecule has 0 N–H and O–H groups in total. The van der Waals surface area contributed by atoms with E-state index in [1.54, 1.807) is 0 Å². The van der Waals surface area contributed by atoms with Gasteiger partial charge in [-0.3, -0.25) is 9.69 Å². The highest BCUT2D eigenvalue weighted by atomic mass is 16.5. The first-order chi connectivity index (χ1) is 12.6. The van der Waals surface area contributed by atoms with Crippen molar-refractivity contribution in [2.75, 3.05) is 45.9 Å². The fraction of sp³-hybridized carbons (Fsp3) is 0.667. The number of ether oxygens (including phenoxy) is 2. The van der Waals surface area contributed by atoms with Gasteiger partial charge in [-0.25, -0.2) is 0 Å². The zero-order valence-corrected chi connectivity index (χ0v) is 16.2. The SMILES string of the molecule is CCOc1cccc(OCCN2CCC3(CCC(=O)N(CC)C3)CC2)c1. The van der Waals surface area contributed by atoms with E-state index < -0.39 is 0 Å². The lowest BCUT2D eigenvalue weighted by molar-refractivity contribution is -0.138. The summed E-state index contributed by atoms with van der Waals surface area (Å²) >= 11 is 0. The maximum atomic E-state index is 11.9. The Hall–Kier alpha value is -1.75. The summed E-state index contributed by atoms with van der Waals surface area (Å²) in [4.78, 5) is 16.5. The van der Waals surface area contributed by atoms with Gasteiger partial charge >= 0.3 is 0 Å². The predicted octanol–water partition coefficient (Wildman–Crippen LogP) is 3.19. The lowest BCUT2D eigenvalue weighted by atomic mass is 9.72. The summed E-state index contributed by atoms with van der Waals surface area (Å²) in [6, 6.07) is 7.85. The summed E-state index contributed by atoms with van der Waals surface area (Å²) in [6.45, 7) is 10.4. The third-order valence-corrected chi connectivity index (χ3v) is 5.84. The van der Waals surface area contributed by atoms with Gasteiger partial charge in [-0.1, -0.05) is 6.07 Å². The Bertz CT molecular complexity index is 597. The van der Waals surface area contributed by atoms with Gasteiger partial charge < -0.3 is 14.4 Å². The van der Waals surface area contributed by atoms with Crippen LogP contribution >= 0.6 is 0 Å². The third-order valence-electron chi connectivity index (χ3n) is 5.84. The molecule has 3 rings (SSSR count). The van der Waals surface area contributed by atoms with Crippen molar-refractivity contribution >= 4 is 5.91 Å². The highest BCUT2D eigenvalue weighted by molar-refractivity contribution is 5.77. The average molecular weight is 360 g/mol. The van der Waals surface area contributed by atoms with Crippen molar-refractivity contribution in [2.45, 2.75) is 39.5 Å². The van der Waals surface area contributed by atoms with Crippen LogP contribution in [0.25, 0.3) is 0 Å². The summed E-state index contributed by atoms with van der Waals surface area (Å²) in [6.07, 6.45) is 4.18. The number of rotatable bonds is 7. The van der Waals surface area contributed by atoms with E-state index in [9.17, 15) is 4.79 Å². The molecular weight excluding hydrogens is 328 g/mol. The molecule has 1 spiro atoms. The molecule has 2 aliphatic rings. The van der Waals surface area contributed by atoms with Crippen LogP contribution in [0.2, 0.25) is 0 Å². The highest BCUT2D eigenvalue weighted by Crippen LogP contribution is 2.40. The van der Waals surface area contributed by atoms with E-state index in [1.165, 1.54) is 12.8 Å². The maximum Gasteiger partial charge on any atom is 0.222 e. The van der Waals surface area contributed by atoms with Gasteiger partial charge in [-0.05, 0) is 63.7 Å². The molecule has 0 aromatic heterocycles. The van der Waals surface area contributed by atoms with E-state index >= 15 is 0 Å². The number of benzene rings is 1. The first-order valence-electron chi connectivity index (χ1n) is 10.00. The molecule has 5 heteroatoms. The second-order valence-electron chi connectivity index (χ2n) is 7.51. The molecule has 0 unspecified atom stereocenters. The first-order valence-corrected chi connectivity index (χ1v) is 10.00. The summed E-state index contributed by atoms with van der Waals surface area (Å²) in [5, 5.41) is 0. The zero-order valence-electron chi connectivity index (χ0n) is 16.2. The second-order valence-corrected chi connectivity index (χ2v) is 7.51. The third kappa shape index (κ3) is 4.70. The molecule has 5 nitrogen and oxygen atoms in total. The van der Waals surface area contributed by atoms with Gasteiger partial charge in [0.25, 0.3) is 0 Å². The number of carbonyl (C=O) groups is 1. The maximum absolute atomic E-state index is 11.9. The van der Waals surface area contributed by atoms with Crippen LogP contribution in [0, 0.1) is 5.41 Å². The molecule has 1 aromatic rings. The fourth-order valence-electron chi connectivity index (χ4n) is 4.16. The Morgan fingerprint density at radius 3 is 2.50 bits per heavy atom. The molecule has 0 aliphatic carbocycles. The molecule has 26 heavy (non-hydrogen) atoms. The molecule has 1 aromatic carbocycles. The summed E-state index contributed by atoms with van der Waals surface area (Å²) < 4.78 is 11.4. The molecule has 2 saturated heterocycles. The van der Waals surface area contributed by atoms with Crippen LogP contribution in [-0.4, -0.2) is 61.6 Å². The number of hydrogen-bond acceptors (Lipinski definition) is 4. The van der Waals surface area contributed by atoms with Gasteiger partial charge in [0.15, 0.2) is 0 Å². The van der Waals surface area contributed by atoms with Gasteiger partial charge in [-0.15, -0.1) is 0 Å². The van der Waals surface area contributed by atoms with Gasteiger partial charge in [-0.2, -0.15) is 0 Å². The number of amides is 1. The number of carbonyl (C=O) groups excluding carboxylic acids is 1. The molecule has 0 radical (unpaired) electrons. The average Bonchev–Trinajstić information content (AvgIpc) is 2.66. The van der Waals surface area contributed by atoms with Crippen molar-refractivity contribution in [3.05, 3.63) is 24.3 Å². The lowest BCUT2D eigenvalue weighted by Gasteiger charge is -2.47. The molecule has 0 bridgehead atoms. The Morgan fingerprint density at radius 1 is 1.08 bits per heavy atom. The molecule has 0 saturated carbocycles. The first kappa shape index (κ1) is 19.0. The van der Waals surface area contributed by atoms with Crippen molar-refractivity contribution in [2.24, 2.45) is 5.41 Å². The quantitative estimate of drug-likeness (QED) is 0.749. The minimum atomic E-state index is 0.336. The van der Waals surface area contributed by atoms with Crippen LogP contribution in [0.3, 0.4) is 0 Å². The van der Waals surface area contributed by atoms with Crippen LogP contribution in [0.5, 0.6) is 11.5 Å². The molecule has 144 valence electrons. The van der Waals surface area contributed by atoms with Crippen LogP contribution in [0.15, 0.2) is 24.3 Å². The largest absolute Gasteiger partial charge is 0.494 e. The molecule has 2 heterocycles. The fourth-order valence-corrected chi connectivity index (χ4v) is 4.16. The van der Waals surface area contributed by atoms with E-state index in [0.29, 0.717) is 24.5 Å². The van der Waals surface area contributed by atoms with E-state index in [1.807, 2.05) is 36.1 Å². The highest BCUT2D eigenvalue weighted by Gasteiger charge is 2.40. The summed E-state index contributed by atoms with van der Waals surface area (Å²) in [5.74, 6) is 2.06. The molecule has 1 amide bonds. The second kappa shape index (κ2) is 8.76. The van der Waals surface area contributed by atoms with Gasteiger partial charge in [0.2, 0.25) is 5.91 Å². The van der Waals surface area contributed by atoms with E-state index in [2.05, 4.69) is 11.8 Å². The number of piperidine rings is 2. The van der Waals surface area contributed by atoms with E-state index in [-0.39, 0.29) is 0 Å². The van der Waals surface area contributed by atoms with Crippen LogP contribution < -0.4 is 9.47 Å². The Balaban J connectivity index is 1.42. The van der Waals surface area contributed by atoms with Gasteiger partial charge in [0.1, 0.15) is 18.1 Å². The van der Waals surface area contributed by atoms with E-state index in [0.717, 1.165) is 57.1 Å². The smallest absolute Gasteiger partial charge is 0.222 e. The van der Waals surface area contributed by atoms with Crippen molar-refractivity contribution < 1.29 is 14.3 Å². The predicted molar refractivity (Wildman–Crippen MR) is 103 cm³/mol. The van der Waals surface area contributed by atoms with Crippen molar-refractivity contribution in [1.29, 1.82) is 0 Å². The minimum absolute atomic E-state index is 0.336. The molecule has 0 atom stereocenters. The van der Waals surface area contributed by atoms with Crippen molar-refractivity contribution in [3.63, 3.8) is 0 Å². The minimum Gasteiger partial charge on any atom is -0.494 e. The summed E-state index contributed by atoms with van der Waals surface area (Å²) in [7, 11) is 0. The molecular formula is C21H32N2O3. The Labute approximate surface area is 157 Å². The lowest BCUT2D eigenvalue weighted by Crippen LogP contribution is -2.51. The van der Waals surface area contributed by atoms with Crippen molar-refractivity contribution in [1.82, 2.24) is 9.80 Å². The normalized spacial score (nSPS) is 20.4. The topological polar surface area (TPSA) is 42.0 Å². The standard InChI is InChI=1S/C21H32N2O3/c1-3-23-17-21(9-8-20(23)24)10-12-22(13-11-21)14-15-26-19-7-5-6-18(16-19)25-4-2/h5-7,16H,3-4,8-15,17H2,1-2H3. The number of likely N-dealkylation sites (tertiary alicyclic amines) is 2. The summed E-state index contributed by atoms with van der Waals surface area (Å²) in [5.41, 5.74) is 0.354. The molecule has 2 aliphatic heterocycles.